The molecule has 1 N–H and O–H groups in total. The molecule has 2 rings (SSSR count). The van der Waals surface area contributed by atoms with Gasteiger partial charge in [0.05, 0.1) is 14.8 Å². The monoisotopic (exact) mass is 303 g/mol. The van der Waals surface area contributed by atoms with Gasteiger partial charge in [-0.2, -0.15) is 0 Å². The van der Waals surface area contributed by atoms with Crippen molar-refractivity contribution in [2.45, 2.75) is 18.9 Å². The lowest BCUT2D eigenvalue weighted by molar-refractivity contribution is 0.0320. The van der Waals surface area contributed by atoms with Crippen molar-refractivity contribution < 1.29 is 9.53 Å². The molecule has 0 aromatic carbocycles. The predicted octanol–water partition coefficient (Wildman–Crippen LogP) is 2.46. The smallest absolute Gasteiger partial charge is 0.198 e. The number of piperidine rings is 1. The lowest BCUT2D eigenvalue weighted by Crippen LogP contribution is -2.33. The van der Waals surface area contributed by atoms with Crippen molar-refractivity contribution in [1.82, 2.24) is 5.32 Å². The Morgan fingerprint density at radius 2 is 2.25 bits per heavy atom. The largest absolute Gasteiger partial charge is 0.370 e. The van der Waals surface area contributed by atoms with Gasteiger partial charge < -0.3 is 10.1 Å². The summed E-state index contributed by atoms with van der Waals surface area (Å²) in [6.45, 7) is 2.18. The van der Waals surface area contributed by atoms with E-state index < -0.39 is 0 Å². The van der Waals surface area contributed by atoms with E-state index in [-0.39, 0.29) is 18.5 Å². The van der Waals surface area contributed by atoms with Crippen molar-refractivity contribution >= 4 is 33.0 Å². The van der Waals surface area contributed by atoms with Gasteiger partial charge in [-0.15, -0.1) is 11.3 Å². The second-order valence-corrected chi connectivity index (χ2v) is 6.25. The number of rotatable bonds is 4. The highest BCUT2D eigenvalue weighted by Crippen LogP contribution is 2.22. The molecule has 0 bridgehead atoms. The molecule has 1 saturated heterocycles. The van der Waals surface area contributed by atoms with Gasteiger partial charge in [-0.25, -0.2) is 0 Å². The molecule has 0 amide bonds. The Morgan fingerprint density at radius 3 is 2.88 bits per heavy atom. The zero-order valence-corrected chi connectivity index (χ0v) is 11.3. The van der Waals surface area contributed by atoms with Gasteiger partial charge in [-0.3, -0.25) is 4.79 Å². The molecule has 16 heavy (non-hydrogen) atoms. The fourth-order valence-corrected chi connectivity index (χ4v) is 3.00. The quantitative estimate of drug-likeness (QED) is 0.869. The average Bonchev–Trinajstić information content (AvgIpc) is 2.74. The lowest BCUT2D eigenvalue weighted by atomic mass is 10.1. The highest BCUT2D eigenvalue weighted by atomic mass is 79.9. The van der Waals surface area contributed by atoms with Crippen molar-refractivity contribution in [3.63, 3.8) is 0 Å². The lowest BCUT2D eigenvalue weighted by Gasteiger charge is -2.22. The van der Waals surface area contributed by atoms with Gasteiger partial charge in [0.2, 0.25) is 0 Å². The Hall–Kier alpha value is -0.230. The van der Waals surface area contributed by atoms with Gasteiger partial charge in [-0.1, -0.05) is 0 Å². The highest BCUT2D eigenvalue weighted by Gasteiger charge is 2.16. The zero-order chi connectivity index (χ0) is 11.4. The fraction of sp³-hybridized carbons (Fsp3) is 0.545. The Labute approximate surface area is 107 Å². The first-order valence-corrected chi connectivity index (χ1v) is 6.97. The summed E-state index contributed by atoms with van der Waals surface area (Å²) in [4.78, 5) is 12.5. The molecule has 1 aliphatic heterocycles. The summed E-state index contributed by atoms with van der Waals surface area (Å²) in [6.07, 6.45) is 2.25. The number of hydrogen-bond acceptors (Lipinski definition) is 4. The number of carbonyl (C=O) groups is 1. The predicted molar refractivity (Wildman–Crippen MR) is 68.2 cm³/mol. The van der Waals surface area contributed by atoms with Crippen molar-refractivity contribution in [1.29, 1.82) is 0 Å². The molecule has 1 aromatic rings. The van der Waals surface area contributed by atoms with Gasteiger partial charge in [0.1, 0.15) is 6.61 Å². The van der Waals surface area contributed by atoms with E-state index >= 15 is 0 Å². The average molecular weight is 304 g/mol. The molecule has 3 nitrogen and oxygen atoms in total. The Balaban J connectivity index is 1.79. The number of nitrogens with one attached hydrogen (secondary N) is 1. The molecule has 5 heteroatoms. The molecule has 1 fully saturated rings. The minimum Gasteiger partial charge on any atom is -0.370 e. The first kappa shape index (κ1) is 12.2. The molecular formula is C11H14BrNO2S. The van der Waals surface area contributed by atoms with Crippen LogP contribution in [0.2, 0.25) is 0 Å². The number of thiophene rings is 1. The van der Waals surface area contributed by atoms with Crippen molar-refractivity contribution in [2.24, 2.45) is 0 Å². The van der Waals surface area contributed by atoms with E-state index in [1.54, 1.807) is 0 Å². The molecule has 2 heterocycles. The topological polar surface area (TPSA) is 38.3 Å². The summed E-state index contributed by atoms with van der Waals surface area (Å²) in [5.74, 6) is 0.0780. The highest BCUT2D eigenvalue weighted by molar-refractivity contribution is 9.11. The first-order valence-electron chi connectivity index (χ1n) is 5.36. The Bertz CT molecular complexity index is 361. The molecule has 0 unspecified atom stereocenters. The van der Waals surface area contributed by atoms with E-state index in [1.165, 1.54) is 11.3 Å². The Kier molecular flexibility index (Phi) is 4.52. The maximum Gasteiger partial charge on any atom is 0.198 e. The van der Waals surface area contributed by atoms with Crippen LogP contribution in [0.5, 0.6) is 0 Å². The van der Waals surface area contributed by atoms with E-state index in [4.69, 9.17) is 4.74 Å². The number of halogens is 1. The molecule has 1 aromatic heterocycles. The standard InChI is InChI=1S/C11H14BrNO2S/c12-11-2-1-10(16-11)9(14)7-15-8-3-5-13-6-4-8/h1-2,8,13H,3-7H2. The molecule has 0 saturated carbocycles. The summed E-state index contributed by atoms with van der Waals surface area (Å²) in [5, 5.41) is 3.27. The number of ketones is 1. The van der Waals surface area contributed by atoms with E-state index in [9.17, 15) is 4.79 Å². The summed E-state index contributed by atoms with van der Waals surface area (Å²) in [7, 11) is 0. The van der Waals surface area contributed by atoms with Crippen LogP contribution in [-0.4, -0.2) is 31.6 Å². The summed E-state index contributed by atoms with van der Waals surface area (Å²) < 4.78 is 6.59. The molecule has 0 spiro atoms. The van der Waals surface area contributed by atoms with Crippen LogP contribution < -0.4 is 5.32 Å². The van der Waals surface area contributed by atoms with Crippen LogP contribution >= 0.6 is 27.3 Å². The van der Waals surface area contributed by atoms with E-state index in [2.05, 4.69) is 21.2 Å². The van der Waals surface area contributed by atoms with E-state index in [0.29, 0.717) is 0 Å². The third-order valence-electron chi connectivity index (χ3n) is 2.58. The van der Waals surface area contributed by atoms with E-state index in [0.717, 1.165) is 34.6 Å². The van der Waals surface area contributed by atoms with Crippen LogP contribution in [0, 0.1) is 0 Å². The molecular weight excluding hydrogens is 290 g/mol. The third-order valence-corrected chi connectivity index (χ3v) is 4.25. The third kappa shape index (κ3) is 3.38. The van der Waals surface area contributed by atoms with Crippen LogP contribution in [0.3, 0.4) is 0 Å². The number of carbonyl (C=O) groups excluding carboxylic acids is 1. The summed E-state index contributed by atoms with van der Waals surface area (Å²) >= 11 is 4.80. The van der Waals surface area contributed by atoms with E-state index in [1.807, 2.05) is 12.1 Å². The minimum absolute atomic E-state index is 0.0780. The summed E-state index contributed by atoms with van der Waals surface area (Å²) in [6, 6.07) is 3.73. The minimum atomic E-state index is 0.0780. The Morgan fingerprint density at radius 1 is 1.50 bits per heavy atom. The normalized spacial score (nSPS) is 17.6. The SMILES string of the molecule is O=C(COC1CCNCC1)c1ccc(Br)s1. The van der Waals surface area contributed by atoms with Crippen molar-refractivity contribution in [3.8, 4) is 0 Å². The van der Waals surface area contributed by atoms with Crippen molar-refractivity contribution in [3.05, 3.63) is 20.8 Å². The van der Waals surface area contributed by atoms with Gasteiger partial charge in [0.25, 0.3) is 0 Å². The van der Waals surface area contributed by atoms with Crippen LogP contribution in [-0.2, 0) is 4.74 Å². The zero-order valence-electron chi connectivity index (χ0n) is 8.87. The van der Waals surface area contributed by atoms with Crippen molar-refractivity contribution in [2.75, 3.05) is 19.7 Å². The number of ether oxygens (including phenoxy) is 1. The van der Waals surface area contributed by atoms with Crippen LogP contribution in [0.15, 0.2) is 15.9 Å². The molecule has 0 aliphatic carbocycles. The molecule has 88 valence electrons. The summed E-state index contributed by atoms with van der Waals surface area (Å²) in [5.41, 5.74) is 0. The van der Waals surface area contributed by atoms with Crippen LogP contribution in [0.1, 0.15) is 22.5 Å². The maximum absolute atomic E-state index is 11.7. The second kappa shape index (κ2) is 5.91. The fourth-order valence-electron chi connectivity index (χ4n) is 1.69. The number of hydrogen-bond donors (Lipinski definition) is 1. The van der Waals surface area contributed by atoms with Gasteiger partial charge in [0.15, 0.2) is 5.78 Å². The molecule has 1 aliphatic rings. The van der Waals surface area contributed by atoms with Gasteiger partial charge in [0, 0.05) is 0 Å². The molecule has 0 atom stereocenters. The second-order valence-electron chi connectivity index (χ2n) is 3.79. The molecule has 0 radical (unpaired) electrons. The maximum atomic E-state index is 11.7. The van der Waals surface area contributed by atoms with Gasteiger partial charge in [-0.05, 0) is 54.0 Å². The van der Waals surface area contributed by atoms with Gasteiger partial charge >= 0.3 is 0 Å². The van der Waals surface area contributed by atoms with Crippen LogP contribution in [0.4, 0.5) is 0 Å². The van der Waals surface area contributed by atoms with Crippen LogP contribution in [0.25, 0.3) is 0 Å². The number of Topliss-reactive ketones (excluding diaryl/α,β-unsaturated/α-hetero) is 1. The first-order chi connectivity index (χ1) is 7.75.